The molecule has 3 fully saturated rings. The van der Waals surface area contributed by atoms with Gasteiger partial charge in [-0.25, -0.2) is 0 Å². The van der Waals surface area contributed by atoms with Crippen molar-refractivity contribution in [3.8, 4) is 0 Å². The Morgan fingerprint density at radius 3 is 2.54 bits per heavy atom. The SMILES string of the molecule is Cl.Cl.Cn1cc([C@H]2CNC[C@@H]2C(=O)N2CCC(CN3CCOCC3)CC2)cn1. The van der Waals surface area contributed by atoms with Gasteiger partial charge in [-0.15, -0.1) is 24.8 Å². The maximum Gasteiger partial charge on any atom is 0.227 e. The van der Waals surface area contributed by atoms with Crippen LogP contribution in [0.3, 0.4) is 0 Å². The normalized spacial score (nSPS) is 26.5. The first kappa shape index (κ1) is 23.4. The quantitative estimate of drug-likeness (QED) is 0.770. The van der Waals surface area contributed by atoms with E-state index in [1.54, 1.807) is 0 Å². The van der Waals surface area contributed by atoms with Crippen molar-refractivity contribution >= 4 is 30.7 Å². The van der Waals surface area contributed by atoms with Gasteiger partial charge in [0.2, 0.25) is 5.91 Å². The van der Waals surface area contributed by atoms with E-state index < -0.39 is 0 Å². The molecule has 1 N–H and O–H groups in total. The van der Waals surface area contributed by atoms with E-state index in [4.69, 9.17) is 4.74 Å². The Morgan fingerprint density at radius 1 is 1.18 bits per heavy atom. The van der Waals surface area contributed by atoms with E-state index in [0.29, 0.717) is 11.8 Å². The highest BCUT2D eigenvalue weighted by Crippen LogP contribution is 2.30. The van der Waals surface area contributed by atoms with Gasteiger partial charge in [-0.3, -0.25) is 14.4 Å². The summed E-state index contributed by atoms with van der Waals surface area (Å²) < 4.78 is 7.26. The van der Waals surface area contributed by atoms with E-state index in [2.05, 4.69) is 20.2 Å². The second-order valence-electron chi connectivity index (χ2n) is 8.00. The van der Waals surface area contributed by atoms with E-state index in [0.717, 1.165) is 71.9 Å². The van der Waals surface area contributed by atoms with Crippen LogP contribution in [0.4, 0.5) is 0 Å². The Bertz CT molecular complexity index is 615. The van der Waals surface area contributed by atoms with E-state index in [1.165, 1.54) is 5.56 Å². The van der Waals surface area contributed by atoms with Crippen LogP contribution < -0.4 is 5.32 Å². The molecule has 1 aromatic rings. The number of ether oxygens (including phenoxy) is 1. The molecular weight excluding hydrogens is 401 g/mol. The topological polar surface area (TPSA) is 62.6 Å². The number of hydrogen-bond acceptors (Lipinski definition) is 5. The van der Waals surface area contributed by atoms with Crippen LogP contribution in [0.15, 0.2) is 12.4 Å². The lowest BCUT2D eigenvalue weighted by Crippen LogP contribution is -2.46. The summed E-state index contributed by atoms with van der Waals surface area (Å²) in [6, 6.07) is 0. The first-order chi connectivity index (χ1) is 12.7. The summed E-state index contributed by atoms with van der Waals surface area (Å²) >= 11 is 0. The molecule has 4 rings (SSSR count). The lowest BCUT2D eigenvalue weighted by Gasteiger charge is -2.37. The van der Waals surface area contributed by atoms with Crippen molar-refractivity contribution in [2.45, 2.75) is 18.8 Å². The number of morpholine rings is 1. The summed E-state index contributed by atoms with van der Waals surface area (Å²) in [6.07, 6.45) is 6.21. The molecule has 28 heavy (non-hydrogen) atoms. The third-order valence-electron chi connectivity index (χ3n) is 6.23. The van der Waals surface area contributed by atoms with Crippen molar-refractivity contribution < 1.29 is 9.53 Å². The highest BCUT2D eigenvalue weighted by Gasteiger charge is 2.38. The second-order valence-corrected chi connectivity index (χ2v) is 8.00. The van der Waals surface area contributed by atoms with Gasteiger partial charge in [0.25, 0.3) is 0 Å². The molecule has 2 atom stereocenters. The van der Waals surface area contributed by atoms with Crippen LogP contribution in [-0.4, -0.2) is 84.5 Å². The Hall–Kier alpha value is -0.860. The molecule has 0 spiro atoms. The zero-order valence-corrected chi connectivity index (χ0v) is 18.2. The first-order valence-electron chi connectivity index (χ1n) is 9.99. The molecule has 0 radical (unpaired) electrons. The Kier molecular flexibility index (Phi) is 9.02. The number of rotatable bonds is 4. The van der Waals surface area contributed by atoms with Crippen molar-refractivity contribution in [1.82, 2.24) is 24.9 Å². The molecule has 7 nitrogen and oxygen atoms in total. The van der Waals surface area contributed by atoms with Gasteiger partial charge in [-0.1, -0.05) is 0 Å². The molecule has 0 bridgehead atoms. The lowest BCUT2D eigenvalue weighted by molar-refractivity contribution is -0.136. The molecular formula is C19H33Cl2N5O2. The number of piperidine rings is 1. The van der Waals surface area contributed by atoms with Crippen molar-refractivity contribution in [2.24, 2.45) is 18.9 Å². The van der Waals surface area contributed by atoms with Crippen LogP contribution in [0.5, 0.6) is 0 Å². The second kappa shape index (κ2) is 10.8. The van der Waals surface area contributed by atoms with Crippen LogP contribution in [0.25, 0.3) is 0 Å². The van der Waals surface area contributed by atoms with Crippen LogP contribution in [0.2, 0.25) is 0 Å². The molecule has 3 aliphatic rings. The molecule has 160 valence electrons. The summed E-state index contributed by atoms with van der Waals surface area (Å²) in [4.78, 5) is 17.7. The van der Waals surface area contributed by atoms with Gasteiger partial charge < -0.3 is 15.0 Å². The standard InChI is InChI=1S/C19H31N5O2.2ClH/c1-22-14-16(10-21-22)17-11-20-12-18(17)19(25)24-4-2-15(3-5-24)13-23-6-8-26-9-7-23;;/h10,14-15,17-18,20H,2-9,11-13H2,1H3;2*1H/t17-,18+;;/m1../s1. The van der Waals surface area contributed by atoms with Gasteiger partial charge in [-0.2, -0.15) is 5.10 Å². The summed E-state index contributed by atoms with van der Waals surface area (Å²) in [5.41, 5.74) is 1.18. The molecule has 3 saturated heterocycles. The monoisotopic (exact) mass is 433 g/mol. The Morgan fingerprint density at radius 2 is 1.89 bits per heavy atom. The number of aryl methyl sites for hydroxylation is 1. The number of hydrogen-bond donors (Lipinski definition) is 1. The number of halogens is 2. The third-order valence-corrected chi connectivity index (χ3v) is 6.23. The summed E-state index contributed by atoms with van der Waals surface area (Å²) in [7, 11) is 1.93. The highest BCUT2D eigenvalue weighted by atomic mass is 35.5. The predicted octanol–water partition coefficient (Wildman–Crippen LogP) is 1.14. The van der Waals surface area contributed by atoms with Gasteiger partial charge in [0.15, 0.2) is 0 Å². The minimum atomic E-state index is 0. The van der Waals surface area contributed by atoms with E-state index >= 15 is 0 Å². The fourth-order valence-electron chi connectivity index (χ4n) is 4.64. The molecule has 1 amide bonds. The summed E-state index contributed by atoms with van der Waals surface area (Å²) in [5, 5.41) is 7.69. The average molecular weight is 434 g/mol. The number of aromatic nitrogens is 2. The Balaban J connectivity index is 0.00000140. The minimum absolute atomic E-state index is 0. The smallest absolute Gasteiger partial charge is 0.227 e. The number of amides is 1. The molecule has 0 unspecified atom stereocenters. The predicted molar refractivity (Wildman–Crippen MR) is 113 cm³/mol. The van der Waals surface area contributed by atoms with E-state index in [1.807, 2.05) is 24.1 Å². The Labute approximate surface area is 180 Å². The maximum atomic E-state index is 13.1. The van der Waals surface area contributed by atoms with Crippen molar-refractivity contribution in [3.63, 3.8) is 0 Å². The third kappa shape index (κ3) is 5.39. The van der Waals surface area contributed by atoms with Crippen LogP contribution in [0, 0.1) is 11.8 Å². The molecule has 3 aliphatic heterocycles. The summed E-state index contributed by atoms with van der Waals surface area (Å²) in [5.74, 6) is 1.35. The minimum Gasteiger partial charge on any atom is -0.379 e. The van der Waals surface area contributed by atoms with Crippen LogP contribution in [0.1, 0.15) is 24.3 Å². The van der Waals surface area contributed by atoms with Crippen LogP contribution >= 0.6 is 24.8 Å². The van der Waals surface area contributed by atoms with Gasteiger partial charge in [0.05, 0.1) is 25.3 Å². The number of likely N-dealkylation sites (tertiary alicyclic amines) is 1. The fraction of sp³-hybridized carbons (Fsp3) is 0.789. The van der Waals surface area contributed by atoms with Crippen molar-refractivity contribution in [3.05, 3.63) is 18.0 Å². The fourth-order valence-corrected chi connectivity index (χ4v) is 4.64. The lowest BCUT2D eigenvalue weighted by atomic mass is 9.88. The van der Waals surface area contributed by atoms with Gasteiger partial charge in [0.1, 0.15) is 0 Å². The number of carbonyl (C=O) groups is 1. The van der Waals surface area contributed by atoms with Crippen molar-refractivity contribution in [1.29, 1.82) is 0 Å². The largest absolute Gasteiger partial charge is 0.379 e. The van der Waals surface area contributed by atoms with E-state index in [9.17, 15) is 4.79 Å². The molecule has 0 aromatic carbocycles. The molecule has 1 aromatic heterocycles. The van der Waals surface area contributed by atoms with Gasteiger partial charge in [0, 0.05) is 65.0 Å². The van der Waals surface area contributed by atoms with Crippen molar-refractivity contribution in [2.75, 3.05) is 59.0 Å². The average Bonchev–Trinajstić information content (AvgIpc) is 3.31. The molecule has 0 saturated carbocycles. The summed E-state index contributed by atoms with van der Waals surface area (Å²) in [6.45, 7) is 8.47. The molecule has 9 heteroatoms. The highest BCUT2D eigenvalue weighted by molar-refractivity contribution is 5.85. The van der Waals surface area contributed by atoms with Gasteiger partial charge >= 0.3 is 0 Å². The number of nitrogens with zero attached hydrogens (tertiary/aromatic N) is 4. The van der Waals surface area contributed by atoms with Gasteiger partial charge in [-0.05, 0) is 24.3 Å². The number of carbonyl (C=O) groups excluding carboxylic acids is 1. The maximum absolute atomic E-state index is 13.1. The zero-order valence-electron chi connectivity index (χ0n) is 16.6. The first-order valence-corrected chi connectivity index (χ1v) is 9.99. The molecule has 4 heterocycles. The van der Waals surface area contributed by atoms with E-state index in [-0.39, 0.29) is 36.6 Å². The van der Waals surface area contributed by atoms with Crippen LogP contribution in [-0.2, 0) is 16.6 Å². The zero-order chi connectivity index (χ0) is 17.9. The molecule has 0 aliphatic carbocycles. The number of nitrogens with one attached hydrogen (secondary N) is 1.